The Bertz CT molecular complexity index is 3260. The predicted octanol–water partition coefficient (Wildman–Crippen LogP) is 4.25. The van der Waals surface area contributed by atoms with Crippen LogP contribution in [0.4, 0.5) is 31.8 Å². The number of carbonyl (C=O) groups is 8. The van der Waals surface area contributed by atoms with E-state index in [-0.39, 0.29) is 24.5 Å². The number of nitrogens with zero attached hydrogens (tertiary/aromatic N) is 18. The van der Waals surface area contributed by atoms with Crippen LogP contribution in [0, 0.1) is 0 Å². The average molecular weight is 1320 g/mol. The van der Waals surface area contributed by atoms with Crippen molar-refractivity contribution in [1.29, 1.82) is 0 Å². The van der Waals surface area contributed by atoms with Crippen LogP contribution in [0.5, 0.6) is 0 Å². The van der Waals surface area contributed by atoms with Crippen LogP contribution in [0.1, 0.15) is 81.1 Å². The van der Waals surface area contributed by atoms with E-state index in [1.807, 2.05) is 21.1 Å². The van der Waals surface area contributed by atoms with Gasteiger partial charge in [0.1, 0.15) is 34.5 Å². The van der Waals surface area contributed by atoms with Crippen molar-refractivity contribution in [2.45, 2.75) is 38.6 Å². The molecule has 12 heterocycles. The van der Waals surface area contributed by atoms with Crippen molar-refractivity contribution in [2.24, 2.45) is 0 Å². The molecule has 12 rings (SSSR count). The van der Waals surface area contributed by atoms with Crippen LogP contribution in [0.3, 0.4) is 0 Å². The second-order valence-corrected chi connectivity index (χ2v) is 21.7. The van der Waals surface area contributed by atoms with Gasteiger partial charge in [0, 0.05) is 134 Å². The number of hydrogen-bond acceptors (Lipinski definition) is 24. The third kappa shape index (κ3) is 16.1. The lowest BCUT2D eigenvalue weighted by Crippen LogP contribution is -2.48. The van der Waals surface area contributed by atoms with Gasteiger partial charge in [-0.1, -0.05) is 42.2 Å². The largest absolute Gasteiger partial charge is 0.481 e. The number of carbonyl (C=O) groups excluding carboxylic acids is 6. The molecule has 3 fully saturated rings. The van der Waals surface area contributed by atoms with E-state index < -0.39 is 79.1 Å². The zero-order valence-corrected chi connectivity index (χ0v) is 50.4. The topological polar surface area (TPSA) is 370 Å². The number of amides is 6. The molecule has 6 aromatic heterocycles. The van der Waals surface area contributed by atoms with Gasteiger partial charge in [-0.15, -0.1) is 0 Å². The molecule has 35 heteroatoms. The lowest BCUT2D eigenvalue weighted by atomic mass is 10.3. The smallest absolute Gasteiger partial charge is 0.412 e. The maximum Gasteiger partial charge on any atom is 0.412 e. The first kappa shape index (κ1) is 67.5. The fourth-order valence-electron chi connectivity index (χ4n) is 9.37. The number of anilines is 3. The molecule has 0 bridgehead atoms. The molecule has 6 aliphatic rings. The lowest BCUT2D eigenvalue weighted by molar-refractivity contribution is -0.152. The summed E-state index contributed by atoms with van der Waals surface area (Å²) >= 11 is 17.7. The Kier molecular flexibility index (Phi) is 22.5. The quantitative estimate of drug-likeness (QED) is 0.170. The monoisotopic (exact) mass is 1310 g/mol. The van der Waals surface area contributed by atoms with E-state index in [0.717, 1.165) is 39.3 Å². The Labute approximate surface area is 534 Å². The first-order valence-corrected chi connectivity index (χ1v) is 28.6. The summed E-state index contributed by atoms with van der Waals surface area (Å²) < 4.78 is 17.0. The Morgan fingerprint density at radius 2 is 0.714 bits per heavy atom. The van der Waals surface area contributed by atoms with Crippen molar-refractivity contribution in [3.05, 3.63) is 141 Å². The van der Waals surface area contributed by atoms with Gasteiger partial charge < -0.3 is 58.9 Å². The van der Waals surface area contributed by atoms with Gasteiger partial charge in [-0.05, 0) is 57.5 Å². The van der Waals surface area contributed by atoms with Crippen LogP contribution >= 0.6 is 34.8 Å². The highest BCUT2D eigenvalue weighted by Crippen LogP contribution is 2.39. The molecule has 0 aromatic carbocycles. The van der Waals surface area contributed by atoms with Crippen molar-refractivity contribution in [1.82, 2.24) is 74.3 Å². The molecule has 480 valence electrons. The van der Waals surface area contributed by atoms with Crippen molar-refractivity contribution >= 4 is 100 Å². The molecule has 6 aromatic rings. The van der Waals surface area contributed by atoms with Crippen LogP contribution in [0.15, 0.2) is 92.2 Å². The zero-order chi connectivity index (χ0) is 64.3. The summed E-state index contributed by atoms with van der Waals surface area (Å²) in [6, 6.07) is 9.59. The number of aliphatic carboxylic acids is 2. The van der Waals surface area contributed by atoms with Gasteiger partial charge in [0.2, 0.25) is 18.7 Å². The predicted molar refractivity (Wildman–Crippen MR) is 322 cm³/mol. The highest BCUT2D eigenvalue weighted by molar-refractivity contribution is 6.31. The summed E-state index contributed by atoms with van der Waals surface area (Å²) in [4.78, 5) is 148. The van der Waals surface area contributed by atoms with E-state index in [2.05, 4.69) is 59.6 Å². The number of piperazine rings is 3. The number of aromatic nitrogens is 9. The van der Waals surface area contributed by atoms with Gasteiger partial charge in [-0.3, -0.25) is 34.1 Å². The summed E-state index contributed by atoms with van der Waals surface area (Å²) in [6.07, 6.45) is 5.80. The highest BCUT2D eigenvalue weighted by Gasteiger charge is 2.47. The molecule has 4 atom stereocenters. The fraction of sp³-hybridized carbons (Fsp3) is 0.375. The number of likely N-dealkylation sites (N-methyl/N-ethyl adjacent to an activating group) is 3. The number of halogens is 3. The molecule has 6 amide bonds. The van der Waals surface area contributed by atoms with E-state index in [4.69, 9.17) is 64.3 Å². The van der Waals surface area contributed by atoms with Gasteiger partial charge in [-0.2, -0.15) is 0 Å². The molecule has 0 spiro atoms. The Morgan fingerprint density at radius 1 is 0.451 bits per heavy atom. The fourth-order valence-corrected chi connectivity index (χ4v) is 9.71. The second-order valence-electron chi connectivity index (χ2n) is 20.4. The summed E-state index contributed by atoms with van der Waals surface area (Å²) in [6.45, 7) is 7.92. The maximum absolute atomic E-state index is 12.8. The molecule has 0 saturated carbocycles. The van der Waals surface area contributed by atoms with Gasteiger partial charge in [0.15, 0.2) is 23.2 Å². The van der Waals surface area contributed by atoms with Crippen molar-refractivity contribution in [3.8, 4) is 0 Å². The highest BCUT2D eigenvalue weighted by atomic mass is 35.5. The molecule has 6 aliphatic heterocycles. The summed E-state index contributed by atoms with van der Waals surface area (Å²) in [5.74, 6) is -3.21. The number of carboxylic acids is 2. The number of carboxylic acid groups (broad SMARTS) is 2. The summed E-state index contributed by atoms with van der Waals surface area (Å²) in [5.41, 5.74) is 1.31. The van der Waals surface area contributed by atoms with Crippen LogP contribution in [-0.4, -0.2) is 243 Å². The minimum atomic E-state index is -1.79. The molecular formula is C56H61Cl3N18O14. The first-order valence-electron chi connectivity index (χ1n) is 27.5. The number of ether oxygens (including phenoxy) is 3. The Morgan fingerprint density at radius 3 is 0.934 bits per heavy atom. The van der Waals surface area contributed by atoms with Gasteiger partial charge in [0.05, 0.1) is 21.5 Å². The van der Waals surface area contributed by atoms with Crippen LogP contribution < -0.4 is 14.7 Å². The molecule has 91 heavy (non-hydrogen) atoms. The van der Waals surface area contributed by atoms with Crippen LogP contribution in [0.2, 0.25) is 15.1 Å². The first-order chi connectivity index (χ1) is 43.2. The number of aliphatic hydroxyl groups is 1. The van der Waals surface area contributed by atoms with Crippen LogP contribution in [-0.2, 0) is 23.8 Å². The minimum Gasteiger partial charge on any atom is -0.481 e. The van der Waals surface area contributed by atoms with E-state index in [0.29, 0.717) is 88.9 Å². The van der Waals surface area contributed by atoms with Crippen LogP contribution in [0.25, 0.3) is 0 Å². The van der Waals surface area contributed by atoms with Gasteiger partial charge in [0.25, 0.3) is 17.7 Å². The van der Waals surface area contributed by atoms with Crippen molar-refractivity contribution < 1.29 is 67.9 Å². The van der Waals surface area contributed by atoms with Gasteiger partial charge >= 0.3 is 30.2 Å². The lowest BCUT2D eigenvalue weighted by Gasteiger charge is -2.33. The Balaban J connectivity index is 0.000000164. The summed E-state index contributed by atoms with van der Waals surface area (Å²) in [5, 5.41) is 25.4. The van der Waals surface area contributed by atoms with Gasteiger partial charge in [-0.25, -0.2) is 63.8 Å². The Hall–Kier alpha value is -9.44. The molecule has 32 nitrogen and oxygen atoms in total. The number of rotatable bonds is 9. The zero-order valence-electron chi connectivity index (χ0n) is 48.2. The molecule has 2 unspecified atom stereocenters. The van der Waals surface area contributed by atoms with E-state index >= 15 is 0 Å². The molecular weight excluding hydrogens is 1260 g/mol. The normalized spacial score (nSPS) is 19.0. The number of hydrogen-bond donors (Lipinski definition) is 3. The van der Waals surface area contributed by atoms with E-state index in [9.17, 15) is 38.4 Å². The second kappa shape index (κ2) is 30.4. The third-order valence-electron chi connectivity index (χ3n) is 14.3. The molecule has 3 N–H and O–H groups in total. The third-order valence-corrected chi connectivity index (χ3v) is 15.0. The molecule has 0 aliphatic carbocycles. The standard InChI is InChI=1S/3C17H17ClN6O3.C4H6O5.CH4/c3*1-22-6-8-23(9-7-22)17(26)27-16-14-13(19-4-5-20-14)15(25)24(16)12-3-2-11(18)10-21-12;5-2(4(8)9)1-3(6)7;/h3*2-5,10,16H,6-9H2,1H3;2,5H,1H2,(H,6,7)(H,8,9);1H4/t2*16-;;;/m00.../s1. The number of pyridine rings is 3. The number of fused-ring (bicyclic) bond motifs is 3. The van der Waals surface area contributed by atoms with Crippen molar-refractivity contribution in [2.75, 3.05) is 114 Å². The molecule has 0 radical (unpaired) electrons. The SMILES string of the molecule is C.CN1CCN(C(=O)OC2c3nccnc3C(=O)N2c2ccc(Cl)cn2)CC1.CN1CCN(C(=O)O[C@H]2c3nccnc3C(=O)N2c2ccc(Cl)cn2)CC1.CN1CCN(C(=O)O[C@H]2c3nccnc3C(=O)N2c2ccc(Cl)cn2)CC1.O=C(O)CC(O)C(=O)O. The van der Waals surface area contributed by atoms with E-state index in [1.54, 1.807) is 51.1 Å². The minimum absolute atomic E-state index is 0. The molecule has 3 saturated heterocycles. The van der Waals surface area contributed by atoms with E-state index in [1.165, 1.54) is 70.5 Å². The average Bonchev–Trinajstić information content (AvgIpc) is 1.65. The number of aliphatic hydroxyl groups excluding tert-OH is 1. The summed E-state index contributed by atoms with van der Waals surface area (Å²) in [7, 11) is 5.99. The van der Waals surface area contributed by atoms with Crippen molar-refractivity contribution in [3.63, 3.8) is 0 Å². The maximum atomic E-state index is 12.8.